The van der Waals surface area contributed by atoms with Crippen molar-refractivity contribution in [2.24, 2.45) is 0 Å². The molecule has 3 heterocycles. The Labute approximate surface area is 210 Å². The second-order valence-corrected chi connectivity index (χ2v) is 9.38. The summed E-state index contributed by atoms with van der Waals surface area (Å²) < 4.78 is 4.74. The van der Waals surface area contributed by atoms with E-state index in [0.29, 0.717) is 35.2 Å². The van der Waals surface area contributed by atoms with E-state index in [1.54, 1.807) is 4.57 Å². The Bertz CT molecular complexity index is 1750. The van der Waals surface area contributed by atoms with Crippen LogP contribution in [0.25, 0.3) is 38.9 Å². The summed E-state index contributed by atoms with van der Waals surface area (Å²) in [7, 11) is 0. The first kappa shape index (κ1) is 21.7. The van der Waals surface area contributed by atoms with Gasteiger partial charge in [-0.3, -0.25) is 13.9 Å². The number of aryl methyl sites for hydroxylation is 2. The Morgan fingerprint density at radius 3 is 2.20 bits per heavy atom. The fourth-order valence-electron chi connectivity index (χ4n) is 4.59. The van der Waals surface area contributed by atoms with Crippen LogP contribution in [0, 0.1) is 0 Å². The maximum atomic E-state index is 14.0. The molecule has 3 aromatic heterocycles. The summed E-state index contributed by atoms with van der Waals surface area (Å²) in [6.07, 6.45) is 1.39. The molecule has 6 rings (SSSR count). The molecule has 0 saturated heterocycles. The molecule has 0 amide bonds. The van der Waals surface area contributed by atoms with Gasteiger partial charge in [-0.05, 0) is 48.4 Å². The Morgan fingerprint density at radius 1 is 0.800 bits per heavy atom. The van der Waals surface area contributed by atoms with Crippen LogP contribution >= 0.6 is 15.9 Å². The van der Waals surface area contributed by atoms with Gasteiger partial charge in [0.15, 0.2) is 11.3 Å². The number of benzene rings is 3. The van der Waals surface area contributed by atoms with Gasteiger partial charge in [0.2, 0.25) is 0 Å². The van der Waals surface area contributed by atoms with Crippen LogP contribution in [-0.2, 0) is 19.4 Å². The lowest BCUT2D eigenvalue weighted by Gasteiger charge is -2.12. The van der Waals surface area contributed by atoms with Crippen molar-refractivity contribution in [1.29, 1.82) is 0 Å². The lowest BCUT2D eigenvalue weighted by atomic mass is 10.1. The molecule has 0 radical (unpaired) electrons. The standard InChI is InChI=1S/C28H22BrN5O/c1-2-23-32-26-24(28(35)33(23)17-16-18-8-4-3-5-9-18)25-27(31-22-11-7-6-10-21(22)30-25)34(26)20-14-12-19(29)13-15-20/h3-15H,2,16-17H2,1H3. The van der Waals surface area contributed by atoms with Gasteiger partial charge in [-0.25, -0.2) is 15.0 Å². The molecule has 0 atom stereocenters. The summed E-state index contributed by atoms with van der Waals surface area (Å²) in [5.74, 6) is 0.754. The van der Waals surface area contributed by atoms with E-state index in [4.69, 9.17) is 15.0 Å². The molecule has 6 aromatic rings. The predicted octanol–water partition coefficient (Wildman–Crippen LogP) is 5.85. The molecule has 172 valence electrons. The van der Waals surface area contributed by atoms with Crippen molar-refractivity contribution >= 4 is 49.2 Å². The highest BCUT2D eigenvalue weighted by Crippen LogP contribution is 2.29. The Kier molecular flexibility index (Phi) is 5.41. The van der Waals surface area contributed by atoms with Crippen LogP contribution in [0.3, 0.4) is 0 Å². The summed E-state index contributed by atoms with van der Waals surface area (Å²) in [6.45, 7) is 2.59. The highest BCUT2D eigenvalue weighted by molar-refractivity contribution is 9.10. The number of hydrogen-bond donors (Lipinski definition) is 0. The van der Waals surface area contributed by atoms with Crippen LogP contribution in [0.5, 0.6) is 0 Å². The molecular weight excluding hydrogens is 502 g/mol. The molecule has 0 aliphatic heterocycles. The molecule has 6 nitrogen and oxygen atoms in total. The minimum Gasteiger partial charge on any atom is -0.296 e. The SMILES string of the molecule is CCc1nc2c(c(=O)n1CCc1ccccc1)c1nc3ccccc3nc1n2-c1ccc(Br)cc1. The zero-order chi connectivity index (χ0) is 23.9. The van der Waals surface area contributed by atoms with Gasteiger partial charge < -0.3 is 0 Å². The summed E-state index contributed by atoms with van der Waals surface area (Å²) in [5.41, 5.74) is 5.33. The first-order valence-electron chi connectivity index (χ1n) is 11.6. The number of aromatic nitrogens is 5. The molecular formula is C28H22BrN5O. The van der Waals surface area contributed by atoms with Gasteiger partial charge in [0.1, 0.15) is 16.7 Å². The largest absolute Gasteiger partial charge is 0.296 e. The number of para-hydroxylation sites is 2. The van der Waals surface area contributed by atoms with E-state index in [2.05, 4.69) is 28.1 Å². The number of halogens is 1. The van der Waals surface area contributed by atoms with Crippen LogP contribution in [-0.4, -0.2) is 24.1 Å². The maximum absolute atomic E-state index is 14.0. The molecule has 0 aliphatic carbocycles. The Hall–Kier alpha value is -3.84. The predicted molar refractivity (Wildman–Crippen MR) is 143 cm³/mol. The molecule has 0 saturated carbocycles. The minimum atomic E-state index is -0.0757. The second-order valence-electron chi connectivity index (χ2n) is 8.47. The lowest BCUT2D eigenvalue weighted by molar-refractivity contribution is 0.620. The fraction of sp³-hybridized carbons (Fsp3) is 0.143. The molecule has 0 N–H and O–H groups in total. The van der Waals surface area contributed by atoms with Crippen LogP contribution < -0.4 is 5.56 Å². The van der Waals surface area contributed by atoms with Gasteiger partial charge in [0.05, 0.1) is 11.0 Å². The average Bonchev–Trinajstić information content (AvgIpc) is 3.20. The Balaban J connectivity index is 1.66. The van der Waals surface area contributed by atoms with E-state index in [1.807, 2.05) is 78.2 Å². The normalized spacial score (nSPS) is 11.6. The van der Waals surface area contributed by atoms with Crippen molar-refractivity contribution in [3.8, 4) is 5.69 Å². The van der Waals surface area contributed by atoms with Gasteiger partial charge in [-0.1, -0.05) is 65.3 Å². The third kappa shape index (κ3) is 3.72. The first-order valence-corrected chi connectivity index (χ1v) is 12.4. The van der Waals surface area contributed by atoms with Gasteiger partial charge in [0.25, 0.3) is 5.56 Å². The van der Waals surface area contributed by atoms with Gasteiger partial charge in [0, 0.05) is 23.1 Å². The summed E-state index contributed by atoms with van der Waals surface area (Å²) in [6, 6.07) is 25.9. The average molecular weight is 524 g/mol. The van der Waals surface area contributed by atoms with Gasteiger partial charge >= 0.3 is 0 Å². The highest BCUT2D eigenvalue weighted by Gasteiger charge is 2.22. The summed E-state index contributed by atoms with van der Waals surface area (Å²) in [5, 5.41) is 0.506. The van der Waals surface area contributed by atoms with E-state index < -0.39 is 0 Å². The first-order chi connectivity index (χ1) is 17.1. The fourth-order valence-corrected chi connectivity index (χ4v) is 4.86. The second kappa shape index (κ2) is 8.74. The van der Waals surface area contributed by atoms with Crippen molar-refractivity contribution in [3.63, 3.8) is 0 Å². The highest BCUT2D eigenvalue weighted by atomic mass is 79.9. The minimum absolute atomic E-state index is 0.0757. The van der Waals surface area contributed by atoms with Gasteiger partial charge in [-0.2, -0.15) is 0 Å². The molecule has 0 fully saturated rings. The van der Waals surface area contributed by atoms with Crippen LogP contribution in [0.15, 0.2) is 88.1 Å². The zero-order valence-corrected chi connectivity index (χ0v) is 20.7. The molecule has 7 heteroatoms. The molecule has 3 aromatic carbocycles. The Morgan fingerprint density at radius 2 is 1.49 bits per heavy atom. The van der Waals surface area contributed by atoms with E-state index in [0.717, 1.165) is 33.4 Å². The number of fused-ring (bicyclic) bond motifs is 4. The van der Waals surface area contributed by atoms with E-state index in [9.17, 15) is 4.79 Å². The molecule has 35 heavy (non-hydrogen) atoms. The number of nitrogens with zero attached hydrogens (tertiary/aromatic N) is 5. The third-order valence-corrected chi connectivity index (χ3v) is 6.84. The van der Waals surface area contributed by atoms with Crippen LogP contribution in [0.4, 0.5) is 0 Å². The van der Waals surface area contributed by atoms with E-state index in [1.165, 1.54) is 5.56 Å². The number of rotatable bonds is 5. The quantitative estimate of drug-likeness (QED) is 0.284. The van der Waals surface area contributed by atoms with Crippen molar-refractivity contribution < 1.29 is 0 Å². The van der Waals surface area contributed by atoms with Crippen LogP contribution in [0.1, 0.15) is 18.3 Å². The molecule has 0 bridgehead atoms. The topological polar surface area (TPSA) is 65.6 Å². The third-order valence-electron chi connectivity index (χ3n) is 6.31. The monoisotopic (exact) mass is 523 g/mol. The van der Waals surface area contributed by atoms with E-state index in [-0.39, 0.29) is 5.56 Å². The van der Waals surface area contributed by atoms with Crippen molar-refractivity contribution in [3.05, 3.63) is 105 Å². The summed E-state index contributed by atoms with van der Waals surface area (Å²) in [4.78, 5) is 28.9. The lowest BCUT2D eigenvalue weighted by Crippen LogP contribution is -2.26. The van der Waals surface area contributed by atoms with Crippen LogP contribution in [0.2, 0.25) is 0 Å². The molecule has 0 spiro atoms. The smallest absolute Gasteiger partial charge is 0.265 e. The number of hydrogen-bond acceptors (Lipinski definition) is 4. The van der Waals surface area contributed by atoms with Crippen molar-refractivity contribution in [1.82, 2.24) is 24.1 Å². The summed E-state index contributed by atoms with van der Waals surface area (Å²) >= 11 is 3.52. The van der Waals surface area contributed by atoms with Gasteiger partial charge in [-0.15, -0.1) is 0 Å². The maximum Gasteiger partial charge on any atom is 0.265 e. The zero-order valence-electron chi connectivity index (χ0n) is 19.1. The van der Waals surface area contributed by atoms with Crippen molar-refractivity contribution in [2.45, 2.75) is 26.3 Å². The van der Waals surface area contributed by atoms with Crippen molar-refractivity contribution in [2.75, 3.05) is 0 Å². The molecule has 0 unspecified atom stereocenters. The van der Waals surface area contributed by atoms with E-state index >= 15 is 0 Å². The molecule has 0 aliphatic rings.